The summed E-state index contributed by atoms with van der Waals surface area (Å²) in [6.07, 6.45) is 2.19. The molecule has 1 amide bonds. The Morgan fingerprint density at radius 1 is 1.60 bits per heavy atom. The summed E-state index contributed by atoms with van der Waals surface area (Å²) in [6, 6.07) is 0. The molecule has 2 saturated heterocycles. The monoisotopic (exact) mass is 158 g/mol. The normalized spacial score (nSPS) is 39.0. The molecule has 0 saturated carbocycles. The van der Waals surface area contributed by atoms with Crippen molar-refractivity contribution in [3.63, 3.8) is 0 Å². The van der Waals surface area contributed by atoms with Crippen molar-refractivity contribution < 1.29 is 4.79 Å². The van der Waals surface area contributed by atoms with Gasteiger partial charge in [0.15, 0.2) is 0 Å². The molecule has 0 spiro atoms. The average Bonchev–Trinajstić information content (AvgIpc) is 2.34. The number of nitrogens with one attached hydrogen (secondary N) is 2. The Morgan fingerprint density at radius 2 is 2.50 bits per heavy atom. The molecule has 2 rings (SSSR count). The van der Waals surface area contributed by atoms with Crippen molar-refractivity contribution in [2.75, 3.05) is 6.54 Å². The highest BCUT2D eigenvalue weighted by molar-refractivity contribution is 7.99. The summed E-state index contributed by atoms with van der Waals surface area (Å²) in [5, 5.41) is 3.64. The van der Waals surface area contributed by atoms with Crippen molar-refractivity contribution in [2.45, 2.75) is 18.2 Å². The van der Waals surface area contributed by atoms with Gasteiger partial charge in [0.1, 0.15) is 0 Å². The Hall–Kier alpha value is -0.220. The van der Waals surface area contributed by atoms with Gasteiger partial charge in [-0.05, 0) is 31.3 Å². The molecule has 2 unspecified atom stereocenters. The second-order valence-electron chi connectivity index (χ2n) is 2.71. The van der Waals surface area contributed by atoms with Crippen LogP contribution in [0.1, 0.15) is 12.8 Å². The molecule has 0 aliphatic carbocycles. The molecule has 3 nitrogen and oxygen atoms in total. The summed E-state index contributed by atoms with van der Waals surface area (Å²) in [7, 11) is 0. The van der Waals surface area contributed by atoms with E-state index >= 15 is 0 Å². The highest BCUT2D eigenvalue weighted by Gasteiger charge is 2.36. The predicted molar refractivity (Wildman–Crippen MR) is 40.2 cm³/mol. The molecular weight excluding hydrogens is 148 g/mol. The quantitative estimate of drug-likeness (QED) is 0.491. The van der Waals surface area contributed by atoms with Gasteiger partial charge in [0.05, 0.1) is 11.3 Å². The van der Waals surface area contributed by atoms with Gasteiger partial charge in [0.2, 0.25) is 5.91 Å². The zero-order chi connectivity index (χ0) is 6.97. The molecule has 2 heterocycles. The van der Waals surface area contributed by atoms with E-state index in [0.29, 0.717) is 5.37 Å². The summed E-state index contributed by atoms with van der Waals surface area (Å²) in [5.41, 5.74) is 0. The van der Waals surface area contributed by atoms with Crippen molar-refractivity contribution in [1.29, 1.82) is 0 Å². The fourth-order valence-corrected chi connectivity index (χ4v) is 2.47. The molecule has 0 aromatic rings. The molecule has 4 heteroatoms. The van der Waals surface area contributed by atoms with Gasteiger partial charge in [-0.15, -0.1) is 0 Å². The number of piperidine rings is 1. The van der Waals surface area contributed by atoms with Gasteiger partial charge < -0.3 is 5.32 Å². The van der Waals surface area contributed by atoms with E-state index in [4.69, 9.17) is 0 Å². The molecule has 0 bridgehead atoms. The number of amides is 1. The first-order chi connectivity index (χ1) is 4.88. The minimum Gasteiger partial charge on any atom is -0.303 e. The van der Waals surface area contributed by atoms with Gasteiger partial charge in [0.25, 0.3) is 0 Å². The number of hydrogen-bond donors (Lipinski definition) is 2. The maximum Gasteiger partial charge on any atom is 0.235 e. The van der Waals surface area contributed by atoms with E-state index in [1.54, 1.807) is 0 Å². The third-order valence-electron chi connectivity index (χ3n) is 2.03. The van der Waals surface area contributed by atoms with E-state index in [9.17, 15) is 4.79 Å². The smallest absolute Gasteiger partial charge is 0.235 e. The SMILES string of the molecule is O=C1NSC2NCCCC12. The Labute approximate surface area is 64.1 Å². The lowest BCUT2D eigenvalue weighted by molar-refractivity contribution is -0.122. The zero-order valence-electron chi connectivity index (χ0n) is 5.59. The lowest BCUT2D eigenvalue weighted by atomic mass is 9.99. The number of rotatable bonds is 0. The van der Waals surface area contributed by atoms with Crippen LogP contribution in [0.15, 0.2) is 0 Å². The molecule has 56 valence electrons. The molecule has 2 aliphatic rings. The minimum atomic E-state index is 0.210. The second kappa shape index (κ2) is 2.43. The molecule has 2 fully saturated rings. The predicted octanol–water partition coefficient (Wildman–Crippen LogP) is 0.0901. The van der Waals surface area contributed by atoms with Crippen molar-refractivity contribution in [3.8, 4) is 0 Å². The maximum atomic E-state index is 11.0. The second-order valence-corrected chi connectivity index (χ2v) is 3.66. The Kier molecular flexibility index (Phi) is 1.58. The van der Waals surface area contributed by atoms with Crippen LogP contribution in [0.25, 0.3) is 0 Å². The Balaban J connectivity index is 2.08. The van der Waals surface area contributed by atoms with Gasteiger partial charge in [-0.25, -0.2) is 0 Å². The van der Waals surface area contributed by atoms with Crippen LogP contribution in [0, 0.1) is 5.92 Å². The molecule has 0 radical (unpaired) electrons. The largest absolute Gasteiger partial charge is 0.303 e. The summed E-state index contributed by atoms with van der Waals surface area (Å²) in [6.45, 7) is 1.06. The molecule has 0 aromatic carbocycles. The fourth-order valence-electron chi connectivity index (χ4n) is 1.45. The van der Waals surface area contributed by atoms with Crippen molar-refractivity contribution in [1.82, 2.24) is 10.0 Å². The van der Waals surface area contributed by atoms with Gasteiger partial charge in [-0.3, -0.25) is 9.52 Å². The van der Waals surface area contributed by atoms with Crippen LogP contribution in [-0.2, 0) is 4.79 Å². The van der Waals surface area contributed by atoms with Gasteiger partial charge in [-0.2, -0.15) is 0 Å². The number of carbonyl (C=O) groups is 1. The van der Waals surface area contributed by atoms with Crippen LogP contribution >= 0.6 is 11.9 Å². The van der Waals surface area contributed by atoms with Crippen molar-refractivity contribution in [3.05, 3.63) is 0 Å². The molecule has 2 aliphatic heterocycles. The fraction of sp³-hybridized carbons (Fsp3) is 0.833. The first-order valence-electron chi connectivity index (χ1n) is 3.57. The van der Waals surface area contributed by atoms with Crippen LogP contribution in [0.4, 0.5) is 0 Å². The average molecular weight is 158 g/mol. The van der Waals surface area contributed by atoms with E-state index < -0.39 is 0 Å². The minimum absolute atomic E-state index is 0.210. The van der Waals surface area contributed by atoms with Crippen molar-refractivity contribution in [2.24, 2.45) is 5.92 Å². The third kappa shape index (κ3) is 0.914. The first kappa shape index (κ1) is 6.49. The van der Waals surface area contributed by atoms with Crippen molar-refractivity contribution >= 4 is 17.9 Å². The van der Waals surface area contributed by atoms with Gasteiger partial charge in [0, 0.05) is 0 Å². The summed E-state index contributed by atoms with van der Waals surface area (Å²) < 4.78 is 2.78. The summed E-state index contributed by atoms with van der Waals surface area (Å²) in [5.74, 6) is 0.445. The highest BCUT2D eigenvalue weighted by atomic mass is 32.2. The van der Waals surface area contributed by atoms with Gasteiger partial charge in [-0.1, -0.05) is 0 Å². The van der Waals surface area contributed by atoms with Crippen LogP contribution in [-0.4, -0.2) is 17.8 Å². The maximum absolute atomic E-state index is 11.0. The summed E-state index contributed by atoms with van der Waals surface area (Å²) >= 11 is 1.52. The van der Waals surface area contributed by atoms with E-state index in [1.807, 2.05) is 0 Å². The van der Waals surface area contributed by atoms with Gasteiger partial charge >= 0.3 is 0 Å². The Bertz CT molecular complexity index is 162. The number of carbonyl (C=O) groups excluding carboxylic acids is 1. The molecule has 2 N–H and O–H groups in total. The molecule has 0 aromatic heterocycles. The van der Waals surface area contributed by atoms with E-state index in [2.05, 4.69) is 10.0 Å². The number of hydrogen-bond acceptors (Lipinski definition) is 3. The van der Waals surface area contributed by atoms with E-state index in [1.165, 1.54) is 11.9 Å². The Morgan fingerprint density at radius 3 is 3.30 bits per heavy atom. The lowest BCUT2D eigenvalue weighted by Gasteiger charge is -2.22. The topological polar surface area (TPSA) is 41.1 Å². The molecule has 10 heavy (non-hydrogen) atoms. The lowest BCUT2D eigenvalue weighted by Crippen LogP contribution is -2.38. The highest BCUT2D eigenvalue weighted by Crippen LogP contribution is 2.29. The standard InChI is InChI=1S/C6H10N2OS/c9-5-4-2-1-3-7-6(4)10-8-5/h4,6-7H,1-3H2,(H,8,9). The third-order valence-corrected chi connectivity index (χ3v) is 3.09. The van der Waals surface area contributed by atoms with Crippen LogP contribution in [0.3, 0.4) is 0 Å². The van der Waals surface area contributed by atoms with Crippen LogP contribution in [0.2, 0.25) is 0 Å². The first-order valence-corrected chi connectivity index (χ1v) is 4.45. The van der Waals surface area contributed by atoms with Crippen LogP contribution < -0.4 is 10.0 Å². The van der Waals surface area contributed by atoms with E-state index in [0.717, 1.165) is 19.4 Å². The summed E-state index contributed by atoms with van der Waals surface area (Å²) in [4.78, 5) is 11.0. The molecular formula is C6H10N2OS. The molecule has 2 atom stereocenters. The number of fused-ring (bicyclic) bond motifs is 1. The van der Waals surface area contributed by atoms with E-state index in [-0.39, 0.29) is 11.8 Å². The zero-order valence-corrected chi connectivity index (χ0v) is 6.41. The van der Waals surface area contributed by atoms with Crippen LogP contribution in [0.5, 0.6) is 0 Å².